The molecule has 0 saturated heterocycles. The van der Waals surface area contributed by atoms with Crippen molar-refractivity contribution in [1.29, 1.82) is 5.41 Å². The highest BCUT2D eigenvalue weighted by Crippen LogP contribution is 2.45. The minimum atomic E-state index is -0.271. The summed E-state index contributed by atoms with van der Waals surface area (Å²) in [6.07, 6.45) is 0. The minimum absolute atomic E-state index is 0.00921. The molecule has 0 aliphatic carbocycles. The van der Waals surface area contributed by atoms with Gasteiger partial charge in [-0.3, -0.25) is 5.41 Å². The van der Waals surface area contributed by atoms with Crippen molar-refractivity contribution in [3.8, 4) is 11.5 Å². The summed E-state index contributed by atoms with van der Waals surface area (Å²) in [7, 11) is 0. The number of amidine groups is 1. The average molecular weight is 347 g/mol. The van der Waals surface area contributed by atoms with Gasteiger partial charge in [-0.05, 0) is 31.2 Å². The van der Waals surface area contributed by atoms with E-state index in [1.54, 1.807) is 0 Å². The van der Waals surface area contributed by atoms with Gasteiger partial charge in [-0.2, -0.15) is 0 Å². The van der Waals surface area contributed by atoms with Gasteiger partial charge >= 0.3 is 0 Å². The van der Waals surface area contributed by atoms with Crippen LogP contribution in [-0.2, 0) is 4.74 Å². The Hall–Kier alpha value is -2.01. The largest absolute Gasteiger partial charge is 0.465 e. The Bertz CT molecular complexity index is 664. The number of hydrogen-bond donors (Lipinski definition) is 2. The van der Waals surface area contributed by atoms with Crippen LogP contribution in [0.25, 0.3) is 0 Å². The Morgan fingerprint density at radius 3 is 2.62 bits per heavy atom. The van der Waals surface area contributed by atoms with E-state index in [9.17, 15) is 0 Å². The first-order valence-electron chi connectivity index (χ1n) is 6.59. The highest BCUT2D eigenvalue weighted by molar-refractivity contribution is 9.10. The molecule has 0 radical (unpaired) electrons. The molecule has 3 N–H and O–H groups in total. The SMILES string of the molecule is Cc1ccc2c(c1)C(COC(=N)N)c1cc(Br)ccc1O2. The van der Waals surface area contributed by atoms with Crippen LogP contribution < -0.4 is 10.5 Å². The number of nitrogens with one attached hydrogen (secondary N) is 1. The van der Waals surface area contributed by atoms with Gasteiger partial charge in [0, 0.05) is 15.6 Å². The van der Waals surface area contributed by atoms with Gasteiger partial charge < -0.3 is 15.2 Å². The van der Waals surface area contributed by atoms with Crippen molar-refractivity contribution in [2.75, 3.05) is 6.61 Å². The lowest BCUT2D eigenvalue weighted by atomic mass is 9.88. The summed E-state index contributed by atoms with van der Waals surface area (Å²) in [5, 5.41) is 7.28. The van der Waals surface area contributed by atoms with E-state index >= 15 is 0 Å². The molecule has 3 rings (SSSR count). The zero-order valence-corrected chi connectivity index (χ0v) is 13.1. The lowest BCUT2D eigenvalue weighted by molar-refractivity contribution is 0.274. The Kier molecular flexibility index (Phi) is 3.59. The third kappa shape index (κ3) is 2.74. The smallest absolute Gasteiger partial charge is 0.279 e. The molecule has 0 saturated carbocycles. The molecule has 5 heteroatoms. The molecule has 0 spiro atoms. The molecule has 108 valence electrons. The normalized spacial score (nSPS) is 15.6. The molecule has 1 aliphatic heterocycles. The average Bonchev–Trinajstić information content (AvgIpc) is 2.44. The first-order chi connectivity index (χ1) is 10.0. The van der Waals surface area contributed by atoms with Crippen LogP contribution in [0.4, 0.5) is 0 Å². The Morgan fingerprint density at radius 1 is 1.24 bits per heavy atom. The van der Waals surface area contributed by atoms with Crippen molar-refractivity contribution in [3.63, 3.8) is 0 Å². The maximum Gasteiger partial charge on any atom is 0.279 e. The maximum absolute atomic E-state index is 7.28. The number of benzene rings is 2. The number of fused-ring (bicyclic) bond motifs is 2. The van der Waals surface area contributed by atoms with Crippen LogP contribution in [0.15, 0.2) is 40.9 Å². The van der Waals surface area contributed by atoms with Crippen LogP contribution in [0.1, 0.15) is 22.6 Å². The van der Waals surface area contributed by atoms with E-state index in [0.29, 0.717) is 6.61 Å². The highest BCUT2D eigenvalue weighted by Gasteiger charge is 2.28. The topological polar surface area (TPSA) is 68.3 Å². The molecule has 1 aliphatic rings. The molecular weight excluding hydrogens is 332 g/mol. The molecule has 1 unspecified atom stereocenters. The van der Waals surface area contributed by atoms with Gasteiger partial charge in [-0.25, -0.2) is 0 Å². The molecule has 0 amide bonds. The maximum atomic E-state index is 7.28. The number of rotatable bonds is 2. The van der Waals surface area contributed by atoms with E-state index < -0.39 is 0 Å². The molecule has 0 aromatic heterocycles. The van der Waals surface area contributed by atoms with E-state index in [1.807, 2.05) is 37.3 Å². The van der Waals surface area contributed by atoms with Crippen molar-refractivity contribution >= 4 is 22.0 Å². The van der Waals surface area contributed by atoms with Crippen molar-refractivity contribution in [3.05, 3.63) is 57.6 Å². The fourth-order valence-corrected chi connectivity index (χ4v) is 2.94. The zero-order valence-electron chi connectivity index (χ0n) is 11.5. The second-order valence-corrected chi connectivity index (χ2v) is 5.97. The number of ether oxygens (including phenoxy) is 2. The number of halogens is 1. The summed E-state index contributed by atoms with van der Waals surface area (Å²) in [6, 6.07) is 11.7. The quantitative estimate of drug-likeness (QED) is 0.639. The second kappa shape index (κ2) is 5.41. The third-order valence-corrected chi connectivity index (χ3v) is 4.01. The van der Waals surface area contributed by atoms with E-state index in [0.717, 1.165) is 32.7 Å². The van der Waals surface area contributed by atoms with Crippen molar-refractivity contribution < 1.29 is 9.47 Å². The predicted molar refractivity (Wildman–Crippen MR) is 85.1 cm³/mol. The van der Waals surface area contributed by atoms with Gasteiger partial charge in [-0.1, -0.05) is 33.6 Å². The van der Waals surface area contributed by atoms with Crippen LogP contribution in [0.3, 0.4) is 0 Å². The third-order valence-electron chi connectivity index (χ3n) is 3.51. The van der Waals surface area contributed by atoms with Gasteiger partial charge in [0.2, 0.25) is 0 Å². The minimum Gasteiger partial charge on any atom is -0.465 e. The van der Waals surface area contributed by atoms with Crippen LogP contribution in [0.2, 0.25) is 0 Å². The van der Waals surface area contributed by atoms with Gasteiger partial charge in [0.05, 0.1) is 5.92 Å². The van der Waals surface area contributed by atoms with Crippen LogP contribution >= 0.6 is 15.9 Å². The van der Waals surface area contributed by atoms with Gasteiger partial charge in [-0.15, -0.1) is 0 Å². The first kappa shape index (κ1) is 13.9. The molecule has 2 aromatic carbocycles. The summed E-state index contributed by atoms with van der Waals surface area (Å²) >= 11 is 3.49. The lowest BCUT2D eigenvalue weighted by Gasteiger charge is -2.28. The van der Waals surface area contributed by atoms with E-state index in [-0.39, 0.29) is 11.9 Å². The lowest BCUT2D eigenvalue weighted by Crippen LogP contribution is -2.21. The van der Waals surface area contributed by atoms with Crippen molar-refractivity contribution in [2.24, 2.45) is 5.73 Å². The van der Waals surface area contributed by atoms with E-state index in [4.69, 9.17) is 20.6 Å². The number of aryl methyl sites for hydroxylation is 1. The highest BCUT2D eigenvalue weighted by atomic mass is 79.9. The first-order valence-corrected chi connectivity index (χ1v) is 7.38. The van der Waals surface area contributed by atoms with Gasteiger partial charge in [0.15, 0.2) is 0 Å². The second-order valence-electron chi connectivity index (χ2n) is 5.05. The van der Waals surface area contributed by atoms with E-state index in [2.05, 4.69) is 22.0 Å². The fraction of sp³-hybridized carbons (Fsp3) is 0.188. The molecule has 0 fully saturated rings. The number of nitrogens with two attached hydrogens (primary N) is 1. The summed E-state index contributed by atoms with van der Waals surface area (Å²) in [5.74, 6) is 1.63. The summed E-state index contributed by atoms with van der Waals surface area (Å²) in [4.78, 5) is 0. The van der Waals surface area contributed by atoms with Crippen molar-refractivity contribution in [2.45, 2.75) is 12.8 Å². The zero-order chi connectivity index (χ0) is 15.0. The Balaban J connectivity index is 2.09. The molecular formula is C16H15BrN2O2. The fourth-order valence-electron chi connectivity index (χ4n) is 2.56. The molecule has 1 heterocycles. The van der Waals surface area contributed by atoms with Crippen LogP contribution in [0, 0.1) is 12.3 Å². The van der Waals surface area contributed by atoms with Gasteiger partial charge in [0.1, 0.15) is 18.1 Å². The predicted octanol–water partition coefficient (Wildman–Crippen LogP) is 3.91. The molecule has 2 aromatic rings. The molecule has 1 atom stereocenters. The van der Waals surface area contributed by atoms with Crippen LogP contribution in [0.5, 0.6) is 11.5 Å². The van der Waals surface area contributed by atoms with Crippen LogP contribution in [-0.4, -0.2) is 12.6 Å². The summed E-state index contributed by atoms with van der Waals surface area (Å²) in [5.41, 5.74) is 8.57. The summed E-state index contributed by atoms with van der Waals surface area (Å²) in [6.45, 7) is 2.36. The Morgan fingerprint density at radius 2 is 1.90 bits per heavy atom. The van der Waals surface area contributed by atoms with E-state index in [1.165, 1.54) is 0 Å². The monoisotopic (exact) mass is 346 g/mol. The molecule has 21 heavy (non-hydrogen) atoms. The summed E-state index contributed by atoms with van der Waals surface area (Å²) < 4.78 is 12.2. The molecule has 0 bridgehead atoms. The number of hydrogen-bond acceptors (Lipinski definition) is 3. The van der Waals surface area contributed by atoms with Gasteiger partial charge in [0.25, 0.3) is 6.02 Å². The molecule has 4 nitrogen and oxygen atoms in total. The standard InChI is InChI=1S/C16H15BrN2O2/c1-9-2-4-14-11(6-9)13(8-20-16(18)19)12-7-10(17)3-5-15(12)21-14/h2-7,13H,8H2,1H3,(H3,18,19). The van der Waals surface area contributed by atoms with Crippen molar-refractivity contribution in [1.82, 2.24) is 0 Å². The Labute approximate surface area is 131 Å².